The van der Waals surface area contributed by atoms with Crippen molar-refractivity contribution in [3.63, 3.8) is 0 Å². The SMILES string of the molecule is CCC1OCC(OS(=O)(=O)O)[C@H](OS(=O)(=O)O)[C@@H]1OOO. The molecule has 3 N–H and O–H groups in total. The van der Waals surface area contributed by atoms with E-state index in [1.54, 1.807) is 6.92 Å². The van der Waals surface area contributed by atoms with Gasteiger partial charge in [0.1, 0.15) is 12.2 Å². The predicted molar refractivity (Wildman–Crippen MR) is 61.5 cm³/mol. The van der Waals surface area contributed by atoms with Crippen LogP contribution in [0.25, 0.3) is 0 Å². The molecule has 21 heavy (non-hydrogen) atoms. The molecule has 4 atom stereocenters. The molecule has 0 aromatic rings. The van der Waals surface area contributed by atoms with E-state index in [4.69, 9.17) is 19.1 Å². The molecule has 0 aromatic heterocycles. The number of ether oxygens (including phenoxy) is 1. The van der Waals surface area contributed by atoms with E-state index < -0.39 is 51.8 Å². The lowest BCUT2D eigenvalue weighted by molar-refractivity contribution is -0.520. The Morgan fingerprint density at radius 2 is 1.67 bits per heavy atom. The highest BCUT2D eigenvalue weighted by Gasteiger charge is 2.47. The summed E-state index contributed by atoms with van der Waals surface area (Å²) in [6.45, 7) is 1.11. The maximum absolute atomic E-state index is 10.8. The first-order valence-electron chi connectivity index (χ1n) is 5.47. The van der Waals surface area contributed by atoms with Crippen LogP contribution in [-0.2, 0) is 43.8 Å². The van der Waals surface area contributed by atoms with E-state index in [1.165, 1.54) is 0 Å². The van der Waals surface area contributed by atoms with E-state index in [0.29, 0.717) is 0 Å². The zero-order chi connectivity index (χ0) is 16.3. The van der Waals surface area contributed by atoms with E-state index in [0.717, 1.165) is 0 Å². The fraction of sp³-hybridized carbons (Fsp3) is 1.00. The van der Waals surface area contributed by atoms with Crippen molar-refractivity contribution in [3.05, 3.63) is 0 Å². The average molecular weight is 354 g/mol. The first kappa shape index (κ1) is 18.6. The van der Waals surface area contributed by atoms with Crippen LogP contribution >= 0.6 is 0 Å². The Morgan fingerprint density at radius 3 is 2.10 bits per heavy atom. The fourth-order valence-corrected chi connectivity index (χ4v) is 2.84. The Hall–Kier alpha value is -0.420. The molecule has 1 aliphatic heterocycles. The molecular formula is C7H14O12S2. The standard InChI is InChI=1S/C7H14O12S2/c1-2-4-6(16-19-8)7(18-21(12,13)14)5(3-15-4)17-20(9,10)11/h4-8H,2-3H2,1H3,(H,9,10,11)(H,12,13,14)/t4?,5?,6-,7+/m1/s1. The van der Waals surface area contributed by atoms with Gasteiger partial charge in [-0.2, -0.15) is 21.7 Å². The van der Waals surface area contributed by atoms with Gasteiger partial charge < -0.3 is 4.74 Å². The van der Waals surface area contributed by atoms with Crippen molar-refractivity contribution < 1.29 is 54.2 Å². The topological polar surface area (TPSA) is 175 Å². The molecule has 1 rings (SSSR count). The van der Waals surface area contributed by atoms with Gasteiger partial charge in [0.25, 0.3) is 0 Å². The first-order valence-corrected chi connectivity index (χ1v) is 8.20. The Balaban J connectivity index is 3.06. The van der Waals surface area contributed by atoms with Gasteiger partial charge in [-0.05, 0) is 6.42 Å². The van der Waals surface area contributed by atoms with Gasteiger partial charge in [-0.3, -0.25) is 9.11 Å². The third-order valence-electron chi connectivity index (χ3n) is 2.57. The Kier molecular flexibility index (Phi) is 6.41. The van der Waals surface area contributed by atoms with Gasteiger partial charge >= 0.3 is 20.8 Å². The van der Waals surface area contributed by atoms with E-state index in [9.17, 15) is 16.8 Å². The fourth-order valence-electron chi connectivity index (χ4n) is 1.84. The zero-order valence-corrected chi connectivity index (χ0v) is 12.2. The van der Waals surface area contributed by atoms with Gasteiger partial charge in [-0.25, -0.2) is 13.6 Å². The van der Waals surface area contributed by atoms with Gasteiger partial charge in [0.2, 0.25) is 0 Å². The van der Waals surface area contributed by atoms with E-state index in [-0.39, 0.29) is 6.42 Å². The summed E-state index contributed by atoms with van der Waals surface area (Å²) in [5.74, 6) is 0. The lowest BCUT2D eigenvalue weighted by Gasteiger charge is -2.38. The van der Waals surface area contributed by atoms with Crippen molar-refractivity contribution in [2.75, 3.05) is 6.61 Å². The summed E-state index contributed by atoms with van der Waals surface area (Å²) in [6.07, 6.45) is -5.55. The van der Waals surface area contributed by atoms with Crippen molar-refractivity contribution in [1.82, 2.24) is 0 Å². The minimum Gasteiger partial charge on any atom is -0.372 e. The number of hydrogen-bond acceptors (Lipinski definition) is 10. The molecule has 0 amide bonds. The van der Waals surface area contributed by atoms with Crippen LogP contribution in [0, 0.1) is 0 Å². The van der Waals surface area contributed by atoms with Crippen LogP contribution in [0.5, 0.6) is 0 Å². The third-order valence-corrected chi connectivity index (χ3v) is 3.52. The molecule has 0 saturated carbocycles. The molecule has 0 spiro atoms. The molecule has 0 radical (unpaired) electrons. The molecule has 1 saturated heterocycles. The van der Waals surface area contributed by atoms with Gasteiger partial charge in [0.15, 0.2) is 6.10 Å². The lowest BCUT2D eigenvalue weighted by Crippen LogP contribution is -2.56. The maximum atomic E-state index is 10.8. The summed E-state index contributed by atoms with van der Waals surface area (Å²) >= 11 is 0. The molecular weight excluding hydrogens is 340 g/mol. The van der Waals surface area contributed by atoms with Crippen molar-refractivity contribution in [2.24, 2.45) is 0 Å². The van der Waals surface area contributed by atoms with Crippen LogP contribution < -0.4 is 0 Å². The Morgan fingerprint density at radius 1 is 1.10 bits per heavy atom. The summed E-state index contributed by atoms with van der Waals surface area (Å²) in [4.78, 5) is 4.36. The van der Waals surface area contributed by atoms with E-state index >= 15 is 0 Å². The molecule has 1 fully saturated rings. The quantitative estimate of drug-likeness (QED) is 0.288. The van der Waals surface area contributed by atoms with Crippen LogP contribution in [0.2, 0.25) is 0 Å². The molecule has 1 aliphatic rings. The highest BCUT2D eigenvalue weighted by atomic mass is 32.3. The second-order valence-electron chi connectivity index (χ2n) is 3.97. The van der Waals surface area contributed by atoms with Crippen LogP contribution in [0.1, 0.15) is 13.3 Å². The summed E-state index contributed by atoms with van der Waals surface area (Å²) in [5, 5.41) is 11.7. The minimum atomic E-state index is -5.02. The zero-order valence-electron chi connectivity index (χ0n) is 10.6. The number of rotatable bonds is 7. The van der Waals surface area contributed by atoms with Gasteiger partial charge in [-0.15, -0.1) is 0 Å². The lowest BCUT2D eigenvalue weighted by atomic mass is 9.98. The molecule has 0 aromatic carbocycles. The number of hydrogen-bond donors (Lipinski definition) is 3. The Labute approximate surface area is 120 Å². The summed E-state index contributed by atoms with van der Waals surface area (Å²) in [5.41, 5.74) is 0. The molecule has 0 aliphatic carbocycles. The van der Waals surface area contributed by atoms with Crippen LogP contribution in [0.15, 0.2) is 0 Å². The molecule has 0 bridgehead atoms. The monoisotopic (exact) mass is 354 g/mol. The maximum Gasteiger partial charge on any atom is 0.397 e. The van der Waals surface area contributed by atoms with Crippen molar-refractivity contribution in [2.45, 2.75) is 37.8 Å². The average Bonchev–Trinajstić information content (AvgIpc) is 2.30. The smallest absolute Gasteiger partial charge is 0.372 e. The van der Waals surface area contributed by atoms with Crippen LogP contribution in [0.4, 0.5) is 0 Å². The van der Waals surface area contributed by atoms with Crippen LogP contribution in [0.3, 0.4) is 0 Å². The van der Waals surface area contributed by atoms with Crippen molar-refractivity contribution >= 4 is 20.8 Å². The second kappa shape index (κ2) is 7.23. The molecule has 12 nitrogen and oxygen atoms in total. The first-order chi connectivity index (χ1) is 9.57. The van der Waals surface area contributed by atoms with E-state index in [1.807, 2.05) is 0 Å². The summed E-state index contributed by atoms with van der Waals surface area (Å²) in [7, 11) is -9.99. The predicted octanol–water partition coefficient (Wildman–Crippen LogP) is -1.04. The molecule has 14 heteroatoms. The molecule has 126 valence electrons. The largest absolute Gasteiger partial charge is 0.397 e. The second-order valence-corrected chi connectivity index (χ2v) is 6.06. The molecule has 1 heterocycles. The van der Waals surface area contributed by atoms with Gasteiger partial charge in [0.05, 0.1) is 12.7 Å². The Bertz CT molecular complexity index is 526. The minimum absolute atomic E-state index is 0.234. The normalized spacial score (nSPS) is 31.2. The highest BCUT2D eigenvalue weighted by Crippen LogP contribution is 2.27. The molecule has 2 unspecified atom stereocenters. The summed E-state index contributed by atoms with van der Waals surface area (Å²) in [6, 6.07) is 0. The van der Waals surface area contributed by atoms with Crippen molar-refractivity contribution in [1.29, 1.82) is 0 Å². The van der Waals surface area contributed by atoms with Gasteiger partial charge in [0, 0.05) is 0 Å². The van der Waals surface area contributed by atoms with Crippen molar-refractivity contribution in [3.8, 4) is 0 Å². The van der Waals surface area contributed by atoms with E-state index in [2.05, 4.69) is 18.3 Å². The summed E-state index contributed by atoms with van der Waals surface area (Å²) < 4.78 is 74.0. The van der Waals surface area contributed by atoms with Crippen LogP contribution in [-0.4, -0.2) is 62.2 Å². The van der Waals surface area contributed by atoms with Gasteiger partial charge in [-0.1, -0.05) is 12.0 Å². The highest BCUT2D eigenvalue weighted by molar-refractivity contribution is 7.81. The third kappa shape index (κ3) is 6.07.